The molecule has 1 atom stereocenters. The van der Waals surface area contributed by atoms with Gasteiger partial charge >= 0.3 is 0 Å². The van der Waals surface area contributed by atoms with Crippen LogP contribution in [-0.2, 0) is 6.42 Å². The molecule has 0 amide bonds. The molecule has 0 bridgehead atoms. The molecule has 7 heteroatoms. The van der Waals surface area contributed by atoms with Gasteiger partial charge in [0.15, 0.2) is 6.33 Å². The van der Waals surface area contributed by atoms with Crippen molar-refractivity contribution in [2.45, 2.75) is 12.5 Å². The van der Waals surface area contributed by atoms with Gasteiger partial charge in [-0.05, 0) is 24.3 Å². The van der Waals surface area contributed by atoms with E-state index in [0.29, 0.717) is 31.2 Å². The molecule has 0 aliphatic carbocycles. The van der Waals surface area contributed by atoms with Crippen LogP contribution in [0.15, 0.2) is 35.1 Å². The molecule has 0 radical (unpaired) electrons. The van der Waals surface area contributed by atoms with Gasteiger partial charge in [0.2, 0.25) is 5.89 Å². The Morgan fingerprint density at radius 1 is 1.29 bits per heavy atom. The molecule has 1 heterocycles. The third-order valence-electron chi connectivity index (χ3n) is 2.80. The van der Waals surface area contributed by atoms with Crippen molar-refractivity contribution < 1.29 is 19.1 Å². The molecule has 0 spiro atoms. The second-order valence-corrected chi connectivity index (χ2v) is 4.43. The standard InChI is InChI=1S/C14H19N3O4/c1-19-12-2-4-13(5-3-12)20-9-11(18)8-15-7-6-14-16-10-17-21-14/h2-5,10-11,15,18H,6-9H2,1H3. The molecule has 21 heavy (non-hydrogen) atoms. The molecular formula is C14H19N3O4. The predicted octanol–water partition coefficient (Wildman–Crippen LogP) is 0.650. The van der Waals surface area contributed by atoms with Gasteiger partial charge in [0.1, 0.15) is 24.2 Å². The number of nitrogens with one attached hydrogen (secondary N) is 1. The Morgan fingerprint density at radius 2 is 2.05 bits per heavy atom. The van der Waals surface area contributed by atoms with Crippen LogP contribution < -0.4 is 14.8 Å². The molecule has 2 N–H and O–H groups in total. The van der Waals surface area contributed by atoms with E-state index < -0.39 is 6.10 Å². The zero-order valence-corrected chi connectivity index (χ0v) is 11.9. The fourth-order valence-electron chi connectivity index (χ4n) is 1.69. The van der Waals surface area contributed by atoms with Crippen LogP contribution in [0.3, 0.4) is 0 Å². The fraction of sp³-hybridized carbons (Fsp3) is 0.429. The van der Waals surface area contributed by atoms with E-state index in [1.807, 2.05) is 12.1 Å². The van der Waals surface area contributed by atoms with Gasteiger partial charge in [0, 0.05) is 19.5 Å². The minimum atomic E-state index is -0.588. The van der Waals surface area contributed by atoms with Gasteiger partial charge in [0.05, 0.1) is 7.11 Å². The Labute approximate surface area is 122 Å². The van der Waals surface area contributed by atoms with Crippen LogP contribution in [0.5, 0.6) is 11.5 Å². The monoisotopic (exact) mass is 293 g/mol. The summed E-state index contributed by atoms with van der Waals surface area (Å²) in [5, 5.41) is 16.4. The molecule has 114 valence electrons. The number of methoxy groups -OCH3 is 1. The Hall–Kier alpha value is -2.12. The minimum Gasteiger partial charge on any atom is -0.497 e. The highest BCUT2D eigenvalue weighted by atomic mass is 16.5. The maximum Gasteiger partial charge on any atom is 0.227 e. The number of benzene rings is 1. The van der Waals surface area contributed by atoms with Crippen molar-refractivity contribution in [3.05, 3.63) is 36.5 Å². The van der Waals surface area contributed by atoms with Gasteiger partial charge in [-0.3, -0.25) is 0 Å². The highest BCUT2D eigenvalue weighted by molar-refractivity contribution is 5.31. The molecule has 7 nitrogen and oxygen atoms in total. The van der Waals surface area contributed by atoms with Crippen molar-refractivity contribution in [1.29, 1.82) is 0 Å². The number of hydrogen-bond donors (Lipinski definition) is 2. The molecule has 1 unspecified atom stereocenters. The van der Waals surface area contributed by atoms with E-state index in [9.17, 15) is 5.11 Å². The number of aliphatic hydroxyl groups excluding tert-OH is 1. The number of aromatic nitrogens is 2. The first-order valence-electron chi connectivity index (χ1n) is 6.69. The third-order valence-corrected chi connectivity index (χ3v) is 2.80. The van der Waals surface area contributed by atoms with Crippen LogP contribution in [0.4, 0.5) is 0 Å². The number of nitrogens with zero attached hydrogens (tertiary/aromatic N) is 2. The molecular weight excluding hydrogens is 274 g/mol. The highest BCUT2D eigenvalue weighted by Crippen LogP contribution is 2.16. The molecule has 0 fully saturated rings. The first kappa shape index (κ1) is 15.3. The first-order valence-corrected chi connectivity index (χ1v) is 6.69. The molecule has 2 rings (SSSR count). The van der Waals surface area contributed by atoms with E-state index in [4.69, 9.17) is 14.0 Å². The molecule has 0 aliphatic heterocycles. The average molecular weight is 293 g/mol. The van der Waals surface area contributed by atoms with E-state index in [1.54, 1.807) is 19.2 Å². The van der Waals surface area contributed by atoms with Crippen molar-refractivity contribution in [3.8, 4) is 11.5 Å². The maximum absolute atomic E-state index is 9.80. The van der Waals surface area contributed by atoms with Crippen LogP contribution in [-0.4, -0.2) is 48.2 Å². The lowest BCUT2D eigenvalue weighted by Crippen LogP contribution is -2.32. The van der Waals surface area contributed by atoms with Crippen LogP contribution in [0.25, 0.3) is 0 Å². The Balaban J connectivity index is 1.59. The maximum atomic E-state index is 9.80. The van der Waals surface area contributed by atoms with Gasteiger partial charge < -0.3 is 24.4 Å². The largest absolute Gasteiger partial charge is 0.497 e. The Kier molecular flexibility index (Phi) is 5.99. The van der Waals surface area contributed by atoms with Gasteiger partial charge in [-0.25, -0.2) is 0 Å². The average Bonchev–Trinajstić information content (AvgIpc) is 3.03. The topological polar surface area (TPSA) is 89.6 Å². The summed E-state index contributed by atoms with van der Waals surface area (Å²) in [6.45, 7) is 1.31. The fourth-order valence-corrected chi connectivity index (χ4v) is 1.69. The highest BCUT2D eigenvalue weighted by Gasteiger charge is 2.06. The Bertz CT molecular complexity index is 501. The first-order chi connectivity index (χ1) is 10.3. The quantitative estimate of drug-likeness (QED) is 0.656. The zero-order chi connectivity index (χ0) is 14.9. The van der Waals surface area contributed by atoms with E-state index >= 15 is 0 Å². The second-order valence-electron chi connectivity index (χ2n) is 4.43. The van der Waals surface area contributed by atoms with Crippen LogP contribution in [0.2, 0.25) is 0 Å². The smallest absolute Gasteiger partial charge is 0.227 e. The minimum absolute atomic E-state index is 0.222. The lowest BCUT2D eigenvalue weighted by atomic mass is 10.3. The molecule has 1 aromatic carbocycles. The van der Waals surface area contributed by atoms with Crippen molar-refractivity contribution in [2.24, 2.45) is 0 Å². The van der Waals surface area contributed by atoms with Crippen LogP contribution in [0, 0.1) is 0 Å². The summed E-state index contributed by atoms with van der Waals surface area (Å²) in [5.41, 5.74) is 0. The number of aliphatic hydroxyl groups is 1. The lowest BCUT2D eigenvalue weighted by molar-refractivity contribution is 0.106. The zero-order valence-electron chi connectivity index (χ0n) is 11.9. The number of ether oxygens (including phenoxy) is 2. The van der Waals surface area contributed by atoms with Gasteiger partial charge in [0.25, 0.3) is 0 Å². The van der Waals surface area contributed by atoms with Crippen LogP contribution >= 0.6 is 0 Å². The Morgan fingerprint density at radius 3 is 2.71 bits per heavy atom. The van der Waals surface area contributed by atoms with E-state index in [2.05, 4.69) is 15.5 Å². The molecule has 2 aromatic rings. The van der Waals surface area contributed by atoms with Gasteiger partial charge in [-0.2, -0.15) is 4.98 Å². The van der Waals surface area contributed by atoms with Crippen molar-refractivity contribution in [2.75, 3.05) is 26.8 Å². The summed E-state index contributed by atoms with van der Waals surface area (Å²) in [6, 6.07) is 7.22. The normalized spacial score (nSPS) is 12.1. The summed E-state index contributed by atoms with van der Waals surface area (Å²) >= 11 is 0. The summed E-state index contributed by atoms with van der Waals surface area (Å²) in [7, 11) is 1.61. The lowest BCUT2D eigenvalue weighted by Gasteiger charge is -2.13. The van der Waals surface area contributed by atoms with Crippen molar-refractivity contribution in [1.82, 2.24) is 15.5 Å². The SMILES string of the molecule is COc1ccc(OCC(O)CNCCc2ncno2)cc1. The van der Waals surface area contributed by atoms with Crippen LogP contribution in [0.1, 0.15) is 5.89 Å². The number of hydrogen-bond acceptors (Lipinski definition) is 7. The third kappa shape index (κ3) is 5.41. The summed E-state index contributed by atoms with van der Waals surface area (Å²) < 4.78 is 15.4. The number of rotatable bonds is 9. The summed E-state index contributed by atoms with van der Waals surface area (Å²) in [4.78, 5) is 3.91. The molecule has 1 aromatic heterocycles. The molecule has 0 saturated heterocycles. The van der Waals surface area contributed by atoms with E-state index in [0.717, 1.165) is 5.75 Å². The van der Waals surface area contributed by atoms with Gasteiger partial charge in [-0.1, -0.05) is 5.16 Å². The van der Waals surface area contributed by atoms with E-state index in [-0.39, 0.29) is 6.61 Å². The van der Waals surface area contributed by atoms with Crippen molar-refractivity contribution >= 4 is 0 Å². The van der Waals surface area contributed by atoms with Gasteiger partial charge in [-0.15, -0.1) is 0 Å². The summed E-state index contributed by atoms with van der Waals surface area (Å²) in [6.07, 6.45) is 1.41. The molecule has 0 saturated carbocycles. The molecule has 0 aliphatic rings. The predicted molar refractivity (Wildman–Crippen MR) is 75.4 cm³/mol. The van der Waals surface area contributed by atoms with Crippen molar-refractivity contribution in [3.63, 3.8) is 0 Å². The van der Waals surface area contributed by atoms with E-state index in [1.165, 1.54) is 6.33 Å². The second kappa shape index (κ2) is 8.23. The summed E-state index contributed by atoms with van der Waals surface area (Å²) in [5.74, 6) is 2.04.